The lowest BCUT2D eigenvalue weighted by molar-refractivity contribution is 0.175. The van der Waals surface area contributed by atoms with Crippen molar-refractivity contribution < 1.29 is 22.7 Å². The molecule has 0 heterocycles. The van der Waals surface area contributed by atoms with Gasteiger partial charge in [0.25, 0.3) is 0 Å². The molecule has 0 amide bonds. The van der Waals surface area contributed by atoms with E-state index in [1.165, 1.54) is 0 Å². The summed E-state index contributed by atoms with van der Waals surface area (Å²) in [5.41, 5.74) is 0. The molecule has 64 valence electrons. The van der Waals surface area contributed by atoms with Gasteiger partial charge in [0.1, 0.15) is 5.75 Å². The molecule has 0 atom stereocenters. The lowest BCUT2D eigenvalue weighted by Crippen LogP contribution is -1.98. The van der Waals surface area contributed by atoms with Crippen LogP contribution in [0.4, 0.5) is 18.0 Å². The van der Waals surface area contributed by atoms with E-state index in [4.69, 9.17) is 0 Å². The van der Waals surface area contributed by atoms with Crippen LogP contribution in [0.25, 0.3) is 0 Å². The average molecular weight is 176 g/mol. The van der Waals surface area contributed by atoms with Gasteiger partial charge in [-0.1, -0.05) is 0 Å². The van der Waals surface area contributed by atoms with Crippen LogP contribution >= 0.6 is 0 Å². The minimum atomic E-state index is -2.07. The molecular formula is C7H3F3O2. The molecule has 2 nitrogen and oxygen atoms in total. The first kappa shape index (κ1) is 8.58. The molecule has 1 rings (SSSR count). The zero-order chi connectivity index (χ0) is 9.14. The van der Waals surface area contributed by atoms with Gasteiger partial charge in [0.15, 0.2) is 11.6 Å². The number of rotatable bonds is 1. The molecule has 0 aliphatic rings. The molecule has 1 aromatic carbocycles. The van der Waals surface area contributed by atoms with Crippen molar-refractivity contribution in [3.63, 3.8) is 0 Å². The van der Waals surface area contributed by atoms with Gasteiger partial charge < -0.3 is 4.74 Å². The third-order valence-corrected chi connectivity index (χ3v) is 1.09. The number of halogens is 3. The Bertz CT molecular complexity index is 312. The molecule has 0 saturated carbocycles. The Morgan fingerprint density at radius 1 is 1.25 bits per heavy atom. The van der Waals surface area contributed by atoms with E-state index in [0.717, 1.165) is 12.1 Å². The normalized spacial score (nSPS) is 9.58. The van der Waals surface area contributed by atoms with Gasteiger partial charge in [0.2, 0.25) is 0 Å². The van der Waals surface area contributed by atoms with Crippen LogP contribution in [0.1, 0.15) is 0 Å². The van der Waals surface area contributed by atoms with Gasteiger partial charge in [-0.15, -0.1) is 4.39 Å². The molecule has 0 aromatic heterocycles. The maximum Gasteiger partial charge on any atom is 0.500 e. The van der Waals surface area contributed by atoms with Crippen LogP contribution in [0.3, 0.4) is 0 Å². The van der Waals surface area contributed by atoms with Gasteiger partial charge >= 0.3 is 6.22 Å². The molecular weight excluding hydrogens is 173 g/mol. The molecule has 0 aliphatic heterocycles. The number of carbonyl (C=O) groups is 1. The van der Waals surface area contributed by atoms with Crippen LogP contribution in [0.15, 0.2) is 18.2 Å². The van der Waals surface area contributed by atoms with Crippen molar-refractivity contribution in [2.45, 2.75) is 0 Å². The van der Waals surface area contributed by atoms with Gasteiger partial charge in [0, 0.05) is 6.07 Å². The second kappa shape index (κ2) is 3.25. The van der Waals surface area contributed by atoms with E-state index in [-0.39, 0.29) is 5.75 Å². The van der Waals surface area contributed by atoms with Crippen LogP contribution in [-0.4, -0.2) is 6.22 Å². The molecule has 12 heavy (non-hydrogen) atoms. The van der Waals surface area contributed by atoms with Crippen LogP contribution in [-0.2, 0) is 0 Å². The van der Waals surface area contributed by atoms with Crippen molar-refractivity contribution in [2.24, 2.45) is 0 Å². The summed E-state index contributed by atoms with van der Waals surface area (Å²) in [6.45, 7) is 0. The lowest BCUT2D eigenvalue weighted by atomic mass is 10.3. The highest BCUT2D eigenvalue weighted by Crippen LogP contribution is 2.15. The summed E-state index contributed by atoms with van der Waals surface area (Å²) >= 11 is 0. The molecule has 0 aliphatic carbocycles. The Balaban J connectivity index is 2.89. The number of benzene rings is 1. The van der Waals surface area contributed by atoms with Crippen molar-refractivity contribution in [1.29, 1.82) is 0 Å². The fourth-order valence-corrected chi connectivity index (χ4v) is 0.633. The fourth-order valence-electron chi connectivity index (χ4n) is 0.633. The van der Waals surface area contributed by atoms with E-state index in [1.807, 2.05) is 0 Å². The van der Waals surface area contributed by atoms with Gasteiger partial charge in [-0.05, 0) is 12.1 Å². The zero-order valence-corrected chi connectivity index (χ0v) is 5.68. The quantitative estimate of drug-likeness (QED) is 0.614. The third-order valence-electron chi connectivity index (χ3n) is 1.09. The van der Waals surface area contributed by atoms with E-state index in [2.05, 4.69) is 4.74 Å². The first-order chi connectivity index (χ1) is 5.59. The Morgan fingerprint density at radius 2 is 1.92 bits per heavy atom. The van der Waals surface area contributed by atoms with E-state index < -0.39 is 17.9 Å². The van der Waals surface area contributed by atoms with Gasteiger partial charge in [-0.25, -0.2) is 13.6 Å². The van der Waals surface area contributed by atoms with Gasteiger partial charge in [-0.2, -0.15) is 0 Å². The predicted molar refractivity (Wildman–Crippen MR) is 33.5 cm³/mol. The van der Waals surface area contributed by atoms with Crippen molar-refractivity contribution in [2.75, 3.05) is 0 Å². The number of hydrogen-bond acceptors (Lipinski definition) is 2. The summed E-state index contributed by atoms with van der Waals surface area (Å²) in [5, 5.41) is 0. The SMILES string of the molecule is O=C(F)Oc1ccc(F)c(F)c1. The molecule has 0 bridgehead atoms. The Morgan fingerprint density at radius 3 is 2.42 bits per heavy atom. The first-order valence-corrected chi connectivity index (χ1v) is 2.92. The maximum absolute atomic E-state index is 12.3. The van der Waals surface area contributed by atoms with Gasteiger partial charge in [0.05, 0.1) is 0 Å². The second-order valence-corrected chi connectivity index (χ2v) is 1.92. The monoisotopic (exact) mass is 176 g/mol. The molecule has 0 saturated heterocycles. The minimum absolute atomic E-state index is 0.374. The standard InChI is InChI=1S/C7H3F3O2/c8-5-2-1-4(3-6(5)9)12-7(10)11/h1-3H. The molecule has 0 unspecified atom stereocenters. The lowest BCUT2D eigenvalue weighted by Gasteiger charge is -1.98. The summed E-state index contributed by atoms with van der Waals surface area (Å²) in [7, 11) is 0. The van der Waals surface area contributed by atoms with E-state index >= 15 is 0 Å². The summed E-state index contributed by atoms with van der Waals surface area (Å²) in [6, 6.07) is 2.25. The summed E-state index contributed by atoms with van der Waals surface area (Å²) in [6.07, 6.45) is -2.07. The Hall–Kier alpha value is -1.52. The molecule has 0 N–H and O–H groups in total. The second-order valence-electron chi connectivity index (χ2n) is 1.92. The molecule has 0 spiro atoms. The van der Waals surface area contributed by atoms with Crippen molar-refractivity contribution in [3.05, 3.63) is 29.8 Å². The molecule has 5 heteroatoms. The molecule has 0 radical (unpaired) electrons. The highest BCUT2D eigenvalue weighted by Gasteiger charge is 2.06. The first-order valence-electron chi connectivity index (χ1n) is 2.92. The summed E-state index contributed by atoms with van der Waals surface area (Å²) in [5.74, 6) is -2.66. The molecule has 0 fully saturated rings. The van der Waals surface area contributed by atoms with Crippen LogP contribution in [0.2, 0.25) is 0 Å². The number of ether oxygens (including phenoxy) is 1. The van der Waals surface area contributed by atoms with E-state index in [1.54, 1.807) is 0 Å². The Labute approximate surface area is 65.6 Å². The summed E-state index contributed by atoms with van der Waals surface area (Å²) < 4.78 is 39.9. The number of hydrogen-bond donors (Lipinski definition) is 0. The summed E-state index contributed by atoms with van der Waals surface area (Å²) in [4.78, 5) is 9.70. The average Bonchev–Trinajstić information content (AvgIpc) is 1.96. The van der Waals surface area contributed by atoms with E-state index in [9.17, 15) is 18.0 Å². The smallest absolute Gasteiger partial charge is 0.401 e. The minimum Gasteiger partial charge on any atom is -0.401 e. The van der Waals surface area contributed by atoms with Crippen molar-refractivity contribution >= 4 is 6.22 Å². The fraction of sp³-hybridized carbons (Fsp3) is 0. The molecule has 1 aromatic rings. The van der Waals surface area contributed by atoms with Gasteiger partial charge in [-0.3, -0.25) is 0 Å². The Kier molecular flexibility index (Phi) is 2.32. The van der Waals surface area contributed by atoms with Crippen LogP contribution < -0.4 is 4.74 Å². The zero-order valence-electron chi connectivity index (χ0n) is 5.68. The third kappa shape index (κ3) is 1.98. The van der Waals surface area contributed by atoms with Crippen LogP contribution in [0, 0.1) is 11.6 Å². The van der Waals surface area contributed by atoms with E-state index in [0.29, 0.717) is 6.07 Å². The maximum atomic E-state index is 12.3. The highest BCUT2D eigenvalue weighted by atomic mass is 19.2. The van der Waals surface area contributed by atoms with Crippen molar-refractivity contribution in [1.82, 2.24) is 0 Å². The van der Waals surface area contributed by atoms with Crippen molar-refractivity contribution in [3.8, 4) is 5.75 Å². The highest BCUT2D eigenvalue weighted by molar-refractivity contribution is 5.62. The van der Waals surface area contributed by atoms with Crippen LogP contribution in [0.5, 0.6) is 5.75 Å². The topological polar surface area (TPSA) is 26.3 Å². The number of carbonyl (C=O) groups excluding carboxylic acids is 1. The predicted octanol–water partition coefficient (Wildman–Crippen LogP) is 2.43. The largest absolute Gasteiger partial charge is 0.500 e.